The average Bonchev–Trinajstić information content (AvgIpc) is 3.22. The number of hydrogen-bond acceptors (Lipinski definition) is 5. The minimum Gasteiger partial charge on any atom is -0.289 e. The second-order valence-electron chi connectivity index (χ2n) is 5.53. The molecule has 120 valence electrons. The molecule has 1 aliphatic rings. The summed E-state index contributed by atoms with van der Waals surface area (Å²) in [6.07, 6.45) is 6.71. The SMILES string of the molecule is CS(=O)(=O)Nc1cccc(C(=O)/C=C/c2scnc2C2CC2)c1. The van der Waals surface area contributed by atoms with Gasteiger partial charge in [-0.05, 0) is 37.1 Å². The van der Waals surface area contributed by atoms with Gasteiger partial charge in [-0.1, -0.05) is 12.1 Å². The van der Waals surface area contributed by atoms with E-state index in [9.17, 15) is 13.2 Å². The van der Waals surface area contributed by atoms with E-state index in [1.54, 1.807) is 29.8 Å². The summed E-state index contributed by atoms with van der Waals surface area (Å²) in [5.74, 6) is 0.371. The molecule has 0 saturated heterocycles. The normalized spacial score (nSPS) is 15.0. The number of allylic oxidation sites excluding steroid dienone is 1. The number of nitrogens with zero attached hydrogens (tertiary/aromatic N) is 1. The summed E-state index contributed by atoms with van der Waals surface area (Å²) in [5.41, 5.74) is 3.69. The van der Waals surface area contributed by atoms with Gasteiger partial charge in [-0.2, -0.15) is 0 Å². The van der Waals surface area contributed by atoms with Crippen LogP contribution in [-0.2, 0) is 10.0 Å². The van der Waals surface area contributed by atoms with Gasteiger partial charge in [0.1, 0.15) is 0 Å². The van der Waals surface area contributed by atoms with Crippen molar-refractivity contribution in [2.24, 2.45) is 0 Å². The molecule has 0 bridgehead atoms. The van der Waals surface area contributed by atoms with Crippen LogP contribution in [0.3, 0.4) is 0 Å². The number of hydrogen-bond donors (Lipinski definition) is 1. The van der Waals surface area contributed by atoms with E-state index in [1.807, 2.05) is 0 Å². The first-order chi connectivity index (χ1) is 10.9. The van der Waals surface area contributed by atoms with Crippen LogP contribution in [-0.4, -0.2) is 25.4 Å². The largest absolute Gasteiger partial charge is 0.289 e. The molecule has 1 aromatic heterocycles. The Morgan fingerprint density at radius 2 is 2.17 bits per heavy atom. The number of nitrogens with one attached hydrogen (secondary N) is 1. The van der Waals surface area contributed by atoms with Gasteiger partial charge in [-0.15, -0.1) is 11.3 Å². The van der Waals surface area contributed by atoms with Crippen LogP contribution >= 0.6 is 11.3 Å². The maximum atomic E-state index is 12.3. The zero-order valence-corrected chi connectivity index (χ0v) is 14.2. The molecule has 5 nitrogen and oxygen atoms in total. The number of thiazole rings is 1. The number of sulfonamides is 1. The van der Waals surface area contributed by atoms with Crippen molar-refractivity contribution >= 4 is 38.9 Å². The third-order valence-electron chi connectivity index (χ3n) is 3.42. The van der Waals surface area contributed by atoms with Crippen LogP contribution in [0, 0.1) is 0 Å². The van der Waals surface area contributed by atoms with Gasteiger partial charge in [0.25, 0.3) is 0 Å². The molecule has 0 aliphatic heterocycles. The number of carbonyl (C=O) groups is 1. The molecule has 23 heavy (non-hydrogen) atoms. The lowest BCUT2D eigenvalue weighted by molar-refractivity contribution is 0.104. The number of anilines is 1. The van der Waals surface area contributed by atoms with Gasteiger partial charge in [-0.25, -0.2) is 13.4 Å². The van der Waals surface area contributed by atoms with Crippen molar-refractivity contribution in [1.82, 2.24) is 4.98 Å². The Morgan fingerprint density at radius 1 is 1.39 bits per heavy atom. The van der Waals surface area contributed by atoms with Crippen LogP contribution in [0.4, 0.5) is 5.69 Å². The predicted molar refractivity (Wildman–Crippen MR) is 92.4 cm³/mol. The fraction of sp³-hybridized carbons (Fsp3) is 0.250. The molecule has 1 heterocycles. The Morgan fingerprint density at radius 3 is 2.87 bits per heavy atom. The first kappa shape index (κ1) is 15.9. The molecule has 2 aromatic rings. The highest BCUT2D eigenvalue weighted by Gasteiger charge is 2.27. The Hall–Kier alpha value is -1.99. The van der Waals surface area contributed by atoms with Gasteiger partial charge >= 0.3 is 0 Å². The van der Waals surface area contributed by atoms with Crippen LogP contribution < -0.4 is 4.72 Å². The van der Waals surface area contributed by atoms with Crippen LogP contribution in [0.2, 0.25) is 0 Å². The number of rotatable bonds is 6. The Balaban J connectivity index is 1.76. The van der Waals surface area contributed by atoms with Crippen molar-refractivity contribution < 1.29 is 13.2 Å². The summed E-state index contributed by atoms with van der Waals surface area (Å²) >= 11 is 1.52. The van der Waals surface area contributed by atoms with E-state index in [-0.39, 0.29) is 5.78 Å². The second kappa shape index (κ2) is 6.25. The van der Waals surface area contributed by atoms with Gasteiger partial charge in [0.15, 0.2) is 5.78 Å². The molecule has 0 radical (unpaired) electrons. The molecule has 7 heteroatoms. The fourth-order valence-electron chi connectivity index (χ4n) is 2.25. The van der Waals surface area contributed by atoms with Gasteiger partial charge in [0.2, 0.25) is 10.0 Å². The third-order valence-corrected chi connectivity index (χ3v) is 4.84. The smallest absolute Gasteiger partial charge is 0.229 e. The first-order valence-electron chi connectivity index (χ1n) is 7.16. The molecule has 0 unspecified atom stereocenters. The van der Waals surface area contributed by atoms with Gasteiger partial charge in [-0.3, -0.25) is 9.52 Å². The summed E-state index contributed by atoms with van der Waals surface area (Å²) in [6, 6.07) is 6.45. The summed E-state index contributed by atoms with van der Waals surface area (Å²) < 4.78 is 24.9. The van der Waals surface area contributed by atoms with E-state index in [2.05, 4.69) is 9.71 Å². The number of benzene rings is 1. The van der Waals surface area contributed by atoms with Crippen LogP contribution in [0.25, 0.3) is 6.08 Å². The van der Waals surface area contributed by atoms with E-state index in [1.165, 1.54) is 23.5 Å². The van der Waals surface area contributed by atoms with E-state index in [0.717, 1.165) is 29.7 Å². The Kier molecular flexibility index (Phi) is 4.32. The van der Waals surface area contributed by atoms with Crippen LogP contribution in [0.5, 0.6) is 0 Å². The van der Waals surface area contributed by atoms with Gasteiger partial charge in [0.05, 0.1) is 22.3 Å². The van der Waals surface area contributed by atoms with E-state index >= 15 is 0 Å². The second-order valence-corrected chi connectivity index (χ2v) is 8.16. The van der Waals surface area contributed by atoms with Crippen LogP contribution in [0.15, 0.2) is 35.9 Å². The number of aromatic nitrogens is 1. The molecular formula is C16H16N2O3S2. The van der Waals surface area contributed by atoms with Crippen LogP contribution in [0.1, 0.15) is 39.7 Å². The summed E-state index contributed by atoms with van der Waals surface area (Å²) in [4.78, 5) is 17.7. The number of ketones is 1. The highest BCUT2D eigenvalue weighted by Crippen LogP contribution is 2.42. The standard InChI is InChI=1S/C16H16N2O3S2/c1-23(20,21)18-13-4-2-3-12(9-13)14(19)7-8-15-16(11-5-6-11)17-10-22-15/h2-4,7-11,18H,5-6H2,1H3/b8-7+. The van der Waals surface area contributed by atoms with Gasteiger partial charge < -0.3 is 0 Å². The molecule has 1 fully saturated rings. The van der Waals surface area contributed by atoms with E-state index in [4.69, 9.17) is 0 Å². The maximum absolute atomic E-state index is 12.3. The molecule has 1 aromatic carbocycles. The van der Waals surface area contributed by atoms with Crippen molar-refractivity contribution in [3.05, 3.63) is 52.0 Å². The molecular weight excluding hydrogens is 332 g/mol. The monoisotopic (exact) mass is 348 g/mol. The quantitative estimate of drug-likeness (QED) is 0.642. The summed E-state index contributed by atoms with van der Waals surface area (Å²) in [5, 5.41) is 0. The molecule has 1 saturated carbocycles. The van der Waals surface area contributed by atoms with E-state index < -0.39 is 10.0 Å². The van der Waals surface area contributed by atoms with Crippen molar-refractivity contribution in [2.45, 2.75) is 18.8 Å². The predicted octanol–water partition coefficient (Wildman–Crippen LogP) is 3.29. The summed E-state index contributed by atoms with van der Waals surface area (Å²) in [7, 11) is -3.36. The minimum atomic E-state index is -3.36. The zero-order chi connectivity index (χ0) is 16.4. The maximum Gasteiger partial charge on any atom is 0.229 e. The topological polar surface area (TPSA) is 76.1 Å². The van der Waals surface area contributed by atoms with Gasteiger partial charge in [0, 0.05) is 17.2 Å². The molecule has 3 rings (SSSR count). The lowest BCUT2D eigenvalue weighted by Gasteiger charge is -2.04. The van der Waals surface area contributed by atoms with Crippen molar-refractivity contribution in [2.75, 3.05) is 11.0 Å². The Labute approximate surface area is 139 Å². The average molecular weight is 348 g/mol. The van der Waals surface area contributed by atoms with Crippen molar-refractivity contribution in [3.8, 4) is 0 Å². The molecule has 0 spiro atoms. The molecule has 1 N–H and O–H groups in total. The van der Waals surface area contributed by atoms with E-state index in [0.29, 0.717) is 17.2 Å². The molecule has 0 amide bonds. The van der Waals surface area contributed by atoms with Crippen molar-refractivity contribution in [1.29, 1.82) is 0 Å². The number of carbonyl (C=O) groups excluding carboxylic acids is 1. The molecule has 0 atom stereocenters. The third kappa shape index (κ3) is 4.27. The lowest BCUT2D eigenvalue weighted by Crippen LogP contribution is -2.10. The highest BCUT2D eigenvalue weighted by molar-refractivity contribution is 7.92. The lowest BCUT2D eigenvalue weighted by atomic mass is 10.1. The van der Waals surface area contributed by atoms with Crippen molar-refractivity contribution in [3.63, 3.8) is 0 Å². The Bertz CT molecular complexity index is 865. The summed E-state index contributed by atoms with van der Waals surface area (Å²) in [6.45, 7) is 0. The zero-order valence-electron chi connectivity index (χ0n) is 12.5. The minimum absolute atomic E-state index is 0.169. The first-order valence-corrected chi connectivity index (χ1v) is 9.93. The molecule has 1 aliphatic carbocycles. The highest BCUT2D eigenvalue weighted by atomic mass is 32.2. The fourth-order valence-corrected chi connectivity index (χ4v) is 3.57.